The van der Waals surface area contributed by atoms with Crippen LogP contribution in [0, 0.1) is 40.4 Å². The van der Waals surface area contributed by atoms with Crippen LogP contribution < -0.4 is 0 Å². The third-order valence-corrected chi connectivity index (χ3v) is 10.8. The molecule has 0 aromatic heterocycles. The molecule has 0 bridgehead atoms. The smallest absolute Gasteiger partial charge is 0.338 e. The first-order valence-electron chi connectivity index (χ1n) is 13.3. The minimum absolute atomic E-state index is 0.0194. The zero-order valence-corrected chi connectivity index (χ0v) is 20.6. The third-order valence-electron chi connectivity index (χ3n) is 10.8. The summed E-state index contributed by atoms with van der Waals surface area (Å²) in [6, 6.07) is 9.07. The Bertz CT molecular complexity index is 914. The molecule has 4 aliphatic rings. The first-order chi connectivity index (χ1) is 16.3. The van der Waals surface area contributed by atoms with E-state index in [1.807, 2.05) is 18.2 Å². The molecule has 9 atom stereocenters. The van der Waals surface area contributed by atoms with Gasteiger partial charge in [-0.1, -0.05) is 32.0 Å². The van der Waals surface area contributed by atoms with Crippen molar-refractivity contribution in [3.05, 3.63) is 35.9 Å². The Hall–Kier alpha value is -1.72. The van der Waals surface area contributed by atoms with Crippen molar-refractivity contribution >= 4 is 11.8 Å². The molecule has 0 aliphatic heterocycles. The lowest BCUT2D eigenvalue weighted by Crippen LogP contribution is -2.57. The largest absolute Gasteiger partial charge is 0.456 e. The number of carbonyl (C=O) groups excluding carboxylic acids is 2. The van der Waals surface area contributed by atoms with E-state index in [1.165, 1.54) is 12.8 Å². The van der Waals surface area contributed by atoms with Crippen molar-refractivity contribution in [3.8, 4) is 0 Å². The summed E-state index contributed by atoms with van der Waals surface area (Å²) in [4.78, 5) is 24.8. The van der Waals surface area contributed by atoms with Gasteiger partial charge in [-0.05, 0) is 104 Å². The molecule has 5 nitrogen and oxygen atoms in total. The first-order valence-corrected chi connectivity index (χ1v) is 13.3. The SMILES string of the molecule is C[C@]12C[C@H](OC(=O)c3ccccc3)[C@@H](O)C[C@@H]1CC[C@@H]1[C@@H]2CC[C@]2(C)[C@@H](CC(=O)CO)CC[C@@H]12. The highest BCUT2D eigenvalue weighted by Crippen LogP contribution is 2.68. The minimum Gasteiger partial charge on any atom is -0.456 e. The molecule has 4 fully saturated rings. The summed E-state index contributed by atoms with van der Waals surface area (Å²) in [5.41, 5.74) is 0.776. The summed E-state index contributed by atoms with van der Waals surface area (Å²) in [6.07, 6.45) is 7.76. The highest BCUT2D eigenvalue weighted by atomic mass is 16.6. The van der Waals surface area contributed by atoms with Crippen LogP contribution in [-0.4, -0.2) is 40.8 Å². The summed E-state index contributed by atoms with van der Waals surface area (Å²) in [5, 5.41) is 20.2. The molecule has 186 valence electrons. The molecular formula is C29H40O5. The first kappa shape index (κ1) is 24.0. The van der Waals surface area contributed by atoms with Crippen LogP contribution in [0.3, 0.4) is 0 Å². The van der Waals surface area contributed by atoms with Crippen LogP contribution >= 0.6 is 0 Å². The Kier molecular flexibility index (Phi) is 6.39. The van der Waals surface area contributed by atoms with Gasteiger partial charge in [-0.15, -0.1) is 0 Å². The number of ketones is 1. The van der Waals surface area contributed by atoms with E-state index in [1.54, 1.807) is 12.1 Å². The molecular weight excluding hydrogens is 428 g/mol. The highest BCUT2D eigenvalue weighted by Gasteiger charge is 2.61. The van der Waals surface area contributed by atoms with Crippen LogP contribution in [0.2, 0.25) is 0 Å². The summed E-state index contributed by atoms with van der Waals surface area (Å²) < 4.78 is 5.91. The molecule has 0 unspecified atom stereocenters. The summed E-state index contributed by atoms with van der Waals surface area (Å²) >= 11 is 0. The van der Waals surface area contributed by atoms with E-state index in [-0.39, 0.29) is 29.2 Å². The normalized spacial score (nSPS) is 43.4. The van der Waals surface area contributed by atoms with Gasteiger partial charge in [0.05, 0.1) is 11.7 Å². The van der Waals surface area contributed by atoms with Gasteiger partial charge in [-0.2, -0.15) is 0 Å². The maximum absolute atomic E-state index is 12.8. The van der Waals surface area contributed by atoms with Crippen molar-refractivity contribution in [2.75, 3.05) is 6.61 Å². The van der Waals surface area contributed by atoms with E-state index >= 15 is 0 Å². The average Bonchev–Trinajstić information content (AvgIpc) is 3.16. The Morgan fingerprint density at radius 3 is 2.47 bits per heavy atom. The molecule has 5 rings (SSSR count). The topological polar surface area (TPSA) is 83.8 Å². The van der Waals surface area contributed by atoms with Gasteiger partial charge < -0.3 is 14.9 Å². The van der Waals surface area contributed by atoms with Gasteiger partial charge in [0.15, 0.2) is 5.78 Å². The van der Waals surface area contributed by atoms with Crippen LogP contribution in [0.1, 0.15) is 82.0 Å². The van der Waals surface area contributed by atoms with Crippen molar-refractivity contribution in [2.24, 2.45) is 40.4 Å². The molecule has 1 aromatic carbocycles. The number of benzene rings is 1. The van der Waals surface area contributed by atoms with Gasteiger partial charge in [0.25, 0.3) is 0 Å². The number of esters is 1. The fourth-order valence-electron chi connectivity index (χ4n) is 8.94. The predicted molar refractivity (Wildman–Crippen MR) is 129 cm³/mol. The van der Waals surface area contributed by atoms with Gasteiger partial charge in [0.2, 0.25) is 0 Å². The van der Waals surface area contributed by atoms with E-state index in [2.05, 4.69) is 13.8 Å². The molecule has 5 heteroatoms. The van der Waals surface area contributed by atoms with Crippen LogP contribution in [0.5, 0.6) is 0 Å². The van der Waals surface area contributed by atoms with Crippen molar-refractivity contribution in [3.63, 3.8) is 0 Å². The molecule has 4 saturated carbocycles. The van der Waals surface area contributed by atoms with Crippen molar-refractivity contribution in [2.45, 2.75) is 83.8 Å². The fourth-order valence-corrected chi connectivity index (χ4v) is 8.94. The zero-order chi connectivity index (χ0) is 24.1. The molecule has 0 heterocycles. The lowest BCUT2D eigenvalue weighted by molar-refractivity contribution is -0.161. The quantitative estimate of drug-likeness (QED) is 0.607. The molecule has 34 heavy (non-hydrogen) atoms. The number of aliphatic hydroxyl groups excluding tert-OH is 2. The molecule has 0 amide bonds. The molecule has 0 spiro atoms. The highest BCUT2D eigenvalue weighted by molar-refractivity contribution is 5.89. The summed E-state index contributed by atoms with van der Waals surface area (Å²) in [7, 11) is 0. The number of carbonyl (C=O) groups is 2. The van der Waals surface area contributed by atoms with E-state index in [0.29, 0.717) is 48.0 Å². The Labute approximate surface area is 203 Å². The average molecular weight is 469 g/mol. The second kappa shape index (κ2) is 9.05. The van der Waals surface area contributed by atoms with Crippen molar-refractivity contribution < 1.29 is 24.5 Å². The molecule has 2 N–H and O–H groups in total. The Morgan fingerprint density at radius 2 is 1.74 bits per heavy atom. The van der Waals surface area contributed by atoms with E-state index in [9.17, 15) is 19.8 Å². The number of hydrogen-bond donors (Lipinski definition) is 2. The number of rotatable bonds is 5. The molecule has 0 saturated heterocycles. The second-order valence-corrected chi connectivity index (χ2v) is 12.2. The Morgan fingerprint density at radius 1 is 1.00 bits per heavy atom. The zero-order valence-electron chi connectivity index (χ0n) is 20.6. The van der Waals surface area contributed by atoms with Crippen LogP contribution in [0.4, 0.5) is 0 Å². The number of Topliss-reactive ketones (excluding diaryl/α,β-unsaturated/α-hetero) is 1. The lowest BCUT2D eigenvalue weighted by Gasteiger charge is -2.61. The van der Waals surface area contributed by atoms with Crippen LogP contribution in [0.25, 0.3) is 0 Å². The Balaban J connectivity index is 1.33. The van der Waals surface area contributed by atoms with E-state index < -0.39 is 12.2 Å². The van der Waals surface area contributed by atoms with Gasteiger partial charge >= 0.3 is 5.97 Å². The predicted octanol–water partition coefficient (Wildman–Crippen LogP) is 4.79. The third kappa shape index (κ3) is 3.93. The summed E-state index contributed by atoms with van der Waals surface area (Å²) in [6.45, 7) is 4.46. The van der Waals surface area contributed by atoms with E-state index in [0.717, 1.165) is 32.1 Å². The second-order valence-electron chi connectivity index (χ2n) is 12.2. The molecule has 0 radical (unpaired) electrons. The number of ether oxygens (including phenoxy) is 1. The number of fused-ring (bicyclic) bond motifs is 5. The lowest BCUT2D eigenvalue weighted by atomic mass is 9.44. The van der Waals surface area contributed by atoms with Crippen molar-refractivity contribution in [1.29, 1.82) is 0 Å². The maximum Gasteiger partial charge on any atom is 0.338 e. The standard InChI is InChI=1S/C29H40O5/c1-28-13-12-24-22(23(28)11-9-19(28)14-21(31)17-30)10-8-20-15-25(32)26(16-29(20,24)2)34-27(33)18-6-4-3-5-7-18/h3-7,19-20,22-26,30,32H,8-17H2,1-2H3/t19-,20+,22+,23+,24+,25+,26+,28-,29+/m1/s1. The van der Waals surface area contributed by atoms with Gasteiger partial charge in [0.1, 0.15) is 12.7 Å². The minimum atomic E-state index is -0.600. The van der Waals surface area contributed by atoms with Crippen LogP contribution in [0.15, 0.2) is 30.3 Å². The number of hydrogen-bond acceptors (Lipinski definition) is 5. The van der Waals surface area contributed by atoms with Gasteiger partial charge in [-0.3, -0.25) is 4.79 Å². The van der Waals surface area contributed by atoms with E-state index in [4.69, 9.17) is 4.74 Å². The monoisotopic (exact) mass is 468 g/mol. The van der Waals surface area contributed by atoms with Crippen LogP contribution in [-0.2, 0) is 9.53 Å². The van der Waals surface area contributed by atoms with Crippen molar-refractivity contribution in [1.82, 2.24) is 0 Å². The molecule has 4 aliphatic carbocycles. The van der Waals surface area contributed by atoms with Gasteiger partial charge in [0, 0.05) is 6.42 Å². The maximum atomic E-state index is 12.8. The molecule has 1 aromatic rings. The van der Waals surface area contributed by atoms with Gasteiger partial charge in [-0.25, -0.2) is 4.79 Å². The summed E-state index contributed by atoms with van der Waals surface area (Å²) in [5.74, 6) is 2.32. The number of aliphatic hydroxyl groups is 2. The fraction of sp³-hybridized carbons (Fsp3) is 0.724.